The monoisotopic (exact) mass is 518 g/mol. The summed E-state index contributed by atoms with van der Waals surface area (Å²) >= 11 is 6.07. The van der Waals surface area contributed by atoms with E-state index in [-0.39, 0.29) is 28.4 Å². The number of nitrogens with zero attached hydrogens (tertiary/aromatic N) is 5. The lowest BCUT2D eigenvalue weighted by Gasteiger charge is -2.42. The SMILES string of the molecule is Cc1cnc2c(c1)[C@@H](N)C1(CCN(c3nc(C)c(-c4ccnc(C(F)(F)F)c4Cl)nc3CO)CC1)C2. The average molecular weight is 519 g/mol. The highest BCUT2D eigenvalue weighted by molar-refractivity contribution is 6.34. The minimum atomic E-state index is -4.70. The second-order valence-electron chi connectivity index (χ2n) is 9.66. The van der Waals surface area contributed by atoms with Crippen LogP contribution in [0.3, 0.4) is 0 Å². The van der Waals surface area contributed by atoms with Crippen LogP contribution >= 0.6 is 11.6 Å². The van der Waals surface area contributed by atoms with Gasteiger partial charge in [-0.25, -0.2) is 9.97 Å². The lowest BCUT2D eigenvalue weighted by molar-refractivity contribution is -0.141. The van der Waals surface area contributed by atoms with Crippen LogP contribution in [0.15, 0.2) is 24.5 Å². The summed E-state index contributed by atoms with van der Waals surface area (Å²) in [7, 11) is 0. The van der Waals surface area contributed by atoms with E-state index in [0.717, 1.165) is 42.3 Å². The van der Waals surface area contributed by atoms with Crippen molar-refractivity contribution in [1.29, 1.82) is 0 Å². The predicted molar refractivity (Wildman–Crippen MR) is 129 cm³/mol. The number of aliphatic hydroxyl groups is 1. The molecule has 1 spiro atoms. The van der Waals surface area contributed by atoms with Gasteiger partial charge >= 0.3 is 6.18 Å². The lowest BCUT2D eigenvalue weighted by atomic mass is 9.73. The van der Waals surface area contributed by atoms with Crippen molar-refractivity contribution in [2.45, 2.75) is 51.9 Å². The zero-order valence-electron chi connectivity index (χ0n) is 19.9. The summed E-state index contributed by atoms with van der Waals surface area (Å²) in [4.78, 5) is 19.2. The van der Waals surface area contributed by atoms with E-state index in [1.54, 1.807) is 6.92 Å². The maximum atomic E-state index is 13.3. The number of halogens is 4. The Hall–Kier alpha value is -2.82. The van der Waals surface area contributed by atoms with Crippen molar-refractivity contribution in [1.82, 2.24) is 19.9 Å². The minimum absolute atomic E-state index is 0.0697. The van der Waals surface area contributed by atoms with Crippen molar-refractivity contribution in [2.24, 2.45) is 11.1 Å². The molecule has 0 aromatic carbocycles. The number of nitrogens with two attached hydrogens (primary N) is 1. The quantitative estimate of drug-likeness (QED) is 0.524. The Morgan fingerprint density at radius 2 is 1.92 bits per heavy atom. The predicted octanol–water partition coefficient (Wildman–Crippen LogP) is 4.56. The molecule has 190 valence electrons. The van der Waals surface area contributed by atoms with Gasteiger partial charge in [-0.2, -0.15) is 13.2 Å². The van der Waals surface area contributed by atoms with Crippen molar-refractivity contribution < 1.29 is 18.3 Å². The third-order valence-corrected chi connectivity index (χ3v) is 7.78. The highest BCUT2D eigenvalue weighted by atomic mass is 35.5. The summed E-state index contributed by atoms with van der Waals surface area (Å²) in [6.07, 6.45) is 0.689. The first-order valence-electron chi connectivity index (χ1n) is 11.7. The highest BCUT2D eigenvalue weighted by Gasteiger charge is 2.47. The van der Waals surface area contributed by atoms with Crippen LogP contribution in [-0.4, -0.2) is 38.1 Å². The summed E-state index contributed by atoms with van der Waals surface area (Å²) in [5.41, 5.74) is 9.66. The van der Waals surface area contributed by atoms with Gasteiger partial charge in [0.15, 0.2) is 11.5 Å². The maximum Gasteiger partial charge on any atom is 0.434 e. The Balaban J connectivity index is 1.42. The van der Waals surface area contributed by atoms with E-state index in [1.807, 2.05) is 13.1 Å². The molecule has 1 saturated heterocycles. The van der Waals surface area contributed by atoms with Crippen molar-refractivity contribution in [3.63, 3.8) is 0 Å². The van der Waals surface area contributed by atoms with Gasteiger partial charge in [0.1, 0.15) is 5.69 Å². The van der Waals surface area contributed by atoms with E-state index in [4.69, 9.17) is 17.3 Å². The number of hydrogen-bond donors (Lipinski definition) is 2. The minimum Gasteiger partial charge on any atom is -0.390 e. The number of alkyl halides is 3. The number of aliphatic hydroxyl groups excluding tert-OH is 1. The standard InChI is InChI=1S/C25H26ClF3N6O/c1-13-9-16-17(32-11-13)10-24(21(16)30)4-7-35(8-5-24)23-18(12-36)34-20(14(2)33-23)15-3-6-31-22(19(15)26)25(27,28)29/h3,6,9,11,21,36H,4-5,7-8,10,12,30H2,1-2H3/t21-/m1/s1. The van der Waals surface area contributed by atoms with Crippen molar-refractivity contribution in [2.75, 3.05) is 18.0 Å². The fourth-order valence-electron chi connectivity index (χ4n) is 5.44. The van der Waals surface area contributed by atoms with E-state index < -0.39 is 23.5 Å². The van der Waals surface area contributed by atoms with Crippen LogP contribution in [0.5, 0.6) is 0 Å². The number of pyridine rings is 2. The number of hydrogen-bond acceptors (Lipinski definition) is 7. The van der Waals surface area contributed by atoms with E-state index >= 15 is 0 Å². The fraction of sp³-hybridized carbons (Fsp3) is 0.440. The van der Waals surface area contributed by atoms with E-state index in [2.05, 4.69) is 30.9 Å². The second-order valence-corrected chi connectivity index (χ2v) is 10.0. The van der Waals surface area contributed by atoms with Gasteiger partial charge in [-0.15, -0.1) is 0 Å². The van der Waals surface area contributed by atoms with E-state index in [1.165, 1.54) is 6.07 Å². The summed E-state index contributed by atoms with van der Waals surface area (Å²) in [5, 5.41) is 9.53. The molecule has 0 amide bonds. The molecule has 3 aromatic heterocycles. The van der Waals surface area contributed by atoms with Crippen LogP contribution in [0.1, 0.15) is 52.8 Å². The Labute approximate surface area is 211 Å². The zero-order chi connectivity index (χ0) is 25.8. The molecule has 11 heteroatoms. The third kappa shape index (κ3) is 4.10. The molecule has 0 saturated carbocycles. The first-order chi connectivity index (χ1) is 17.0. The van der Waals surface area contributed by atoms with Crippen LogP contribution < -0.4 is 10.6 Å². The molecule has 3 aromatic rings. The summed E-state index contributed by atoms with van der Waals surface area (Å²) in [6.45, 7) is 4.59. The third-order valence-electron chi connectivity index (χ3n) is 7.40. The van der Waals surface area contributed by atoms with Gasteiger partial charge in [-0.05, 0) is 55.7 Å². The molecule has 5 rings (SSSR count). The smallest absolute Gasteiger partial charge is 0.390 e. The molecule has 1 aliphatic carbocycles. The van der Waals surface area contributed by atoms with Gasteiger partial charge in [0.05, 0.1) is 23.0 Å². The molecule has 0 radical (unpaired) electrons. The first-order valence-corrected chi connectivity index (χ1v) is 12.1. The van der Waals surface area contributed by atoms with Crippen molar-refractivity contribution in [3.05, 3.63) is 63.5 Å². The second kappa shape index (κ2) is 8.93. The molecule has 1 fully saturated rings. The number of fused-ring (bicyclic) bond motifs is 1. The number of rotatable bonds is 3. The van der Waals surface area contributed by atoms with Gasteiger partial charge in [0, 0.05) is 42.8 Å². The van der Waals surface area contributed by atoms with Gasteiger partial charge in [0.25, 0.3) is 0 Å². The number of aryl methyl sites for hydroxylation is 2. The lowest BCUT2D eigenvalue weighted by Crippen LogP contribution is -2.45. The summed E-state index contributed by atoms with van der Waals surface area (Å²) < 4.78 is 39.9. The summed E-state index contributed by atoms with van der Waals surface area (Å²) in [6, 6.07) is 3.40. The fourth-order valence-corrected chi connectivity index (χ4v) is 5.75. The Morgan fingerprint density at radius 1 is 1.19 bits per heavy atom. The molecule has 4 heterocycles. The van der Waals surface area contributed by atoms with Crippen molar-refractivity contribution in [3.8, 4) is 11.3 Å². The van der Waals surface area contributed by atoms with Crippen LogP contribution in [0.4, 0.5) is 19.0 Å². The zero-order valence-corrected chi connectivity index (χ0v) is 20.7. The Bertz CT molecular complexity index is 1320. The Morgan fingerprint density at radius 3 is 2.58 bits per heavy atom. The van der Waals surface area contributed by atoms with Crippen LogP contribution in [0.2, 0.25) is 5.02 Å². The molecule has 7 nitrogen and oxygen atoms in total. The van der Waals surface area contributed by atoms with Crippen molar-refractivity contribution >= 4 is 17.4 Å². The number of piperidine rings is 1. The van der Waals surface area contributed by atoms with E-state index in [0.29, 0.717) is 24.6 Å². The van der Waals surface area contributed by atoms with Crippen LogP contribution in [0, 0.1) is 19.3 Å². The molecule has 3 N–H and O–H groups in total. The molecular formula is C25H26ClF3N6O. The van der Waals surface area contributed by atoms with Crippen LogP contribution in [0.25, 0.3) is 11.3 Å². The normalized spacial score (nSPS) is 19.1. The number of aromatic nitrogens is 4. The average Bonchev–Trinajstić information content (AvgIpc) is 3.10. The highest BCUT2D eigenvalue weighted by Crippen LogP contribution is 2.50. The molecule has 0 bridgehead atoms. The van der Waals surface area contributed by atoms with Gasteiger partial charge < -0.3 is 15.7 Å². The van der Waals surface area contributed by atoms with Gasteiger partial charge in [-0.1, -0.05) is 17.7 Å². The van der Waals surface area contributed by atoms with Crippen LogP contribution in [-0.2, 0) is 19.2 Å². The summed E-state index contributed by atoms with van der Waals surface area (Å²) in [5.74, 6) is 0.521. The largest absolute Gasteiger partial charge is 0.434 e. The van der Waals surface area contributed by atoms with Gasteiger partial charge in [0.2, 0.25) is 0 Å². The molecule has 1 atom stereocenters. The molecule has 2 aliphatic rings. The topological polar surface area (TPSA) is 101 Å². The Kier molecular flexibility index (Phi) is 6.17. The molecule has 36 heavy (non-hydrogen) atoms. The van der Waals surface area contributed by atoms with Gasteiger partial charge in [-0.3, -0.25) is 9.97 Å². The maximum absolute atomic E-state index is 13.3. The molecule has 0 unspecified atom stereocenters. The molecule has 1 aliphatic heterocycles. The first kappa shape index (κ1) is 24.9. The van der Waals surface area contributed by atoms with E-state index in [9.17, 15) is 18.3 Å². The number of anilines is 1. The molecular weight excluding hydrogens is 493 g/mol.